The van der Waals surface area contributed by atoms with E-state index in [4.69, 9.17) is 0 Å². The summed E-state index contributed by atoms with van der Waals surface area (Å²) in [5.74, 6) is 0.346. The molecule has 1 nitrogen and oxygen atoms in total. The quantitative estimate of drug-likeness (QED) is 0.185. The first-order chi connectivity index (χ1) is 12.5. The summed E-state index contributed by atoms with van der Waals surface area (Å²) < 4.78 is 0. The Morgan fingerprint density at radius 1 is 1.15 bits per heavy atom. The van der Waals surface area contributed by atoms with Gasteiger partial charge in [0.1, 0.15) is 0 Å². The fourth-order valence-electron chi connectivity index (χ4n) is 2.90. The van der Waals surface area contributed by atoms with E-state index in [2.05, 4.69) is 87.5 Å². The minimum Gasteiger partial charge on any atom is -0.374 e. The molecule has 0 saturated carbocycles. The van der Waals surface area contributed by atoms with E-state index < -0.39 is 0 Å². The summed E-state index contributed by atoms with van der Waals surface area (Å²) in [6.45, 7) is 11.4. The number of unbranched alkanes of at least 4 members (excludes halogenated alkanes) is 2. The molecule has 1 unspecified atom stereocenters. The zero-order chi connectivity index (χ0) is 19.4. The van der Waals surface area contributed by atoms with Crippen LogP contribution in [0.1, 0.15) is 57.9 Å². The predicted molar refractivity (Wildman–Crippen MR) is 122 cm³/mol. The maximum atomic E-state index is 4.54. The molecule has 0 aliphatic heterocycles. The van der Waals surface area contributed by atoms with Crippen molar-refractivity contribution in [2.45, 2.75) is 57.3 Å². The second-order valence-corrected chi connectivity index (χ2v) is 7.53. The first-order valence-corrected chi connectivity index (χ1v) is 10.0. The standard InChI is InChI=1S/C24H35NS/c1-6-7-8-9-12-15-21(4)23-19-22(26)16-17-24(23)25(5)18-13-10-11-14-20(2)3/h6-9,12,15-17,19,21,26H,2,10-11,13-14,18H2,1,3-5H3/b7-6+,9-8+,15-12+. The molecule has 0 aliphatic rings. The van der Waals surface area contributed by atoms with E-state index in [-0.39, 0.29) is 0 Å². The zero-order valence-electron chi connectivity index (χ0n) is 16.9. The van der Waals surface area contributed by atoms with Crippen molar-refractivity contribution in [3.8, 4) is 0 Å². The van der Waals surface area contributed by atoms with Gasteiger partial charge in [0, 0.05) is 30.1 Å². The molecule has 0 bridgehead atoms. The Hall–Kier alpha value is -1.67. The topological polar surface area (TPSA) is 3.24 Å². The number of benzene rings is 1. The van der Waals surface area contributed by atoms with Gasteiger partial charge in [-0.3, -0.25) is 0 Å². The van der Waals surface area contributed by atoms with Gasteiger partial charge < -0.3 is 4.90 Å². The van der Waals surface area contributed by atoms with Crippen molar-refractivity contribution in [3.63, 3.8) is 0 Å². The van der Waals surface area contributed by atoms with E-state index in [9.17, 15) is 0 Å². The van der Waals surface area contributed by atoms with E-state index >= 15 is 0 Å². The fraction of sp³-hybridized carbons (Fsp3) is 0.417. The second kappa shape index (κ2) is 12.6. The number of rotatable bonds is 11. The molecule has 0 fully saturated rings. The molecule has 2 heteroatoms. The average molecular weight is 370 g/mol. The maximum Gasteiger partial charge on any atom is 0.0402 e. The van der Waals surface area contributed by atoms with Crippen molar-refractivity contribution < 1.29 is 0 Å². The Balaban J connectivity index is 2.74. The van der Waals surface area contributed by atoms with Crippen LogP contribution in [0.4, 0.5) is 5.69 Å². The molecule has 1 atom stereocenters. The van der Waals surface area contributed by atoms with Gasteiger partial charge in [0.2, 0.25) is 0 Å². The summed E-state index contributed by atoms with van der Waals surface area (Å²) in [4.78, 5) is 3.40. The molecule has 0 spiro atoms. The highest BCUT2D eigenvalue weighted by Gasteiger charge is 2.12. The summed E-state index contributed by atoms with van der Waals surface area (Å²) in [5, 5.41) is 0. The molecule has 0 radical (unpaired) electrons. The molecule has 0 aromatic heterocycles. The maximum absolute atomic E-state index is 4.54. The van der Waals surface area contributed by atoms with E-state index in [1.54, 1.807) is 0 Å². The zero-order valence-corrected chi connectivity index (χ0v) is 17.8. The summed E-state index contributed by atoms with van der Waals surface area (Å²) in [6.07, 6.45) is 17.4. The van der Waals surface area contributed by atoms with Crippen LogP contribution >= 0.6 is 12.6 Å². The van der Waals surface area contributed by atoms with Crippen LogP contribution in [0.2, 0.25) is 0 Å². The molecular weight excluding hydrogens is 334 g/mol. The first-order valence-electron chi connectivity index (χ1n) is 9.60. The molecule has 0 saturated heterocycles. The molecule has 0 aliphatic carbocycles. The smallest absolute Gasteiger partial charge is 0.0402 e. The molecule has 26 heavy (non-hydrogen) atoms. The molecular formula is C24H35NS. The van der Waals surface area contributed by atoms with Gasteiger partial charge in [-0.15, -0.1) is 19.2 Å². The number of allylic oxidation sites excluding steroid dienone is 7. The third-order valence-electron chi connectivity index (χ3n) is 4.44. The fourth-order valence-corrected chi connectivity index (χ4v) is 3.11. The average Bonchev–Trinajstić information content (AvgIpc) is 2.60. The molecule has 1 aromatic rings. The number of thiol groups is 1. The molecule has 142 valence electrons. The third-order valence-corrected chi connectivity index (χ3v) is 4.71. The highest BCUT2D eigenvalue weighted by Crippen LogP contribution is 2.30. The number of hydrogen-bond acceptors (Lipinski definition) is 2. The summed E-state index contributed by atoms with van der Waals surface area (Å²) in [6, 6.07) is 6.48. The Labute approximate surface area is 166 Å². The van der Waals surface area contributed by atoms with Gasteiger partial charge in [-0.05, 0) is 56.9 Å². The van der Waals surface area contributed by atoms with Gasteiger partial charge in [0.05, 0.1) is 0 Å². The van der Waals surface area contributed by atoms with Crippen LogP contribution in [0.3, 0.4) is 0 Å². The van der Waals surface area contributed by atoms with Gasteiger partial charge in [0.25, 0.3) is 0 Å². The number of anilines is 1. The van der Waals surface area contributed by atoms with Gasteiger partial charge in [-0.2, -0.15) is 0 Å². The Bertz CT molecular complexity index is 640. The summed E-state index contributed by atoms with van der Waals surface area (Å²) in [5.41, 5.74) is 3.92. The second-order valence-electron chi connectivity index (χ2n) is 7.02. The normalized spacial score (nSPS) is 13.1. The highest BCUT2D eigenvalue weighted by molar-refractivity contribution is 7.80. The van der Waals surface area contributed by atoms with E-state index in [1.807, 2.05) is 19.1 Å². The van der Waals surface area contributed by atoms with Gasteiger partial charge >= 0.3 is 0 Å². The summed E-state index contributed by atoms with van der Waals surface area (Å²) >= 11 is 4.54. The van der Waals surface area contributed by atoms with Crippen molar-refractivity contribution in [1.82, 2.24) is 0 Å². The number of nitrogens with zero attached hydrogens (tertiary/aromatic N) is 1. The SMILES string of the molecule is C=C(C)CCCCCN(C)c1ccc(S)cc1C(C)/C=C/C=C/C=C/C. The van der Waals surface area contributed by atoms with Crippen LogP contribution in [0.25, 0.3) is 0 Å². The van der Waals surface area contributed by atoms with Crippen LogP contribution in [0, 0.1) is 0 Å². The Kier molecular flexibility index (Phi) is 10.9. The van der Waals surface area contributed by atoms with Crippen LogP contribution < -0.4 is 4.90 Å². The lowest BCUT2D eigenvalue weighted by Gasteiger charge is -2.25. The van der Waals surface area contributed by atoms with Crippen molar-refractivity contribution in [2.75, 3.05) is 18.5 Å². The molecule has 0 N–H and O–H groups in total. The van der Waals surface area contributed by atoms with Crippen LogP contribution in [-0.2, 0) is 0 Å². The first kappa shape index (κ1) is 22.4. The van der Waals surface area contributed by atoms with E-state index in [1.165, 1.54) is 36.1 Å². The lowest BCUT2D eigenvalue weighted by Crippen LogP contribution is -2.20. The molecule has 0 heterocycles. The Morgan fingerprint density at radius 2 is 1.88 bits per heavy atom. The van der Waals surface area contributed by atoms with E-state index in [0.29, 0.717) is 5.92 Å². The molecule has 1 rings (SSSR count). The van der Waals surface area contributed by atoms with Gasteiger partial charge in [-0.1, -0.05) is 55.4 Å². The Morgan fingerprint density at radius 3 is 2.58 bits per heavy atom. The lowest BCUT2D eigenvalue weighted by molar-refractivity contribution is 0.668. The van der Waals surface area contributed by atoms with Gasteiger partial charge in [0.15, 0.2) is 0 Å². The minimum absolute atomic E-state index is 0.346. The van der Waals surface area contributed by atoms with Gasteiger partial charge in [-0.25, -0.2) is 0 Å². The monoisotopic (exact) mass is 369 g/mol. The van der Waals surface area contributed by atoms with Crippen molar-refractivity contribution in [3.05, 3.63) is 72.4 Å². The number of hydrogen-bond donors (Lipinski definition) is 1. The highest BCUT2D eigenvalue weighted by atomic mass is 32.1. The van der Waals surface area contributed by atoms with E-state index in [0.717, 1.165) is 17.9 Å². The van der Waals surface area contributed by atoms with Crippen molar-refractivity contribution in [1.29, 1.82) is 0 Å². The molecule has 0 amide bonds. The lowest BCUT2D eigenvalue weighted by atomic mass is 9.97. The summed E-state index contributed by atoms with van der Waals surface area (Å²) in [7, 11) is 2.19. The van der Waals surface area contributed by atoms with Crippen LogP contribution in [0.15, 0.2) is 71.7 Å². The van der Waals surface area contributed by atoms with Crippen LogP contribution in [-0.4, -0.2) is 13.6 Å². The largest absolute Gasteiger partial charge is 0.374 e. The van der Waals surface area contributed by atoms with Crippen molar-refractivity contribution in [2.24, 2.45) is 0 Å². The minimum atomic E-state index is 0.346. The van der Waals surface area contributed by atoms with Crippen molar-refractivity contribution >= 4 is 18.3 Å². The third kappa shape index (κ3) is 8.62. The predicted octanol–water partition coefficient (Wildman–Crippen LogP) is 7.34. The molecule has 1 aromatic carbocycles. The van der Waals surface area contributed by atoms with Crippen LogP contribution in [0.5, 0.6) is 0 Å².